The average Bonchev–Trinajstić information content (AvgIpc) is 2.70. The number of carbonyl (C=O) groups is 1. The third-order valence-corrected chi connectivity index (χ3v) is 2.51. The topological polar surface area (TPSA) is 34.9 Å². The second-order valence-electron chi connectivity index (χ2n) is 4.08. The smallest absolute Gasteiger partial charge is 0.135 e. The molecule has 0 atom stereocenters. The van der Waals surface area contributed by atoms with E-state index in [9.17, 15) is 13.6 Å². The predicted molar refractivity (Wildman–Crippen MR) is 62.1 cm³/mol. The Hall–Kier alpha value is -2.04. The van der Waals surface area contributed by atoms with Crippen molar-refractivity contribution in [2.24, 2.45) is 0 Å². The molecule has 0 amide bonds. The molecule has 0 N–H and O–H groups in total. The van der Waals surface area contributed by atoms with E-state index in [-0.39, 0.29) is 24.3 Å². The zero-order chi connectivity index (χ0) is 13.1. The van der Waals surface area contributed by atoms with Crippen molar-refractivity contribution in [2.75, 3.05) is 0 Å². The summed E-state index contributed by atoms with van der Waals surface area (Å²) in [6, 6.07) is 5.40. The molecule has 2 rings (SSSR count). The zero-order valence-corrected chi connectivity index (χ0v) is 9.86. The summed E-state index contributed by atoms with van der Waals surface area (Å²) in [4.78, 5) is 10.9. The van der Waals surface area contributed by atoms with Crippen molar-refractivity contribution in [3.8, 4) is 0 Å². The number of ketones is 1. The zero-order valence-electron chi connectivity index (χ0n) is 9.86. The number of nitrogens with zero attached hydrogens (tertiary/aromatic N) is 2. The summed E-state index contributed by atoms with van der Waals surface area (Å²) in [5, 5.41) is 4.09. The van der Waals surface area contributed by atoms with Gasteiger partial charge in [-0.05, 0) is 25.1 Å². The highest BCUT2D eigenvalue weighted by Crippen LogP contribution is 2.13. The highest BCUT2D eigenvalue weighted by molar-refractivity contribution is 5.77. The fraction of sp³-hybridized carbons (Fsp3) is 0.231. The minimum absolute atomic E-state index is 0.00248. The van der Waals surface area contributed by atoms with Gasteiger partial charge in [0.1, 0.15) is 17.4 Å². The van der Waals surface area contributed by atoms with Crippen molar-refractivity contribution in [3.63, 3.8) is 0 Å². The highest BCUT2D eigenvalue weighted by atomic mass is 19.1. The van der Waals surface area contributed by atoms with Gasteiger partial charge in [0.25, 0.3) is 0 Å². The molecule has 0 unspecified atom stereocenters. The number of carbonyl (C=O) groups excluding carboxylic acids is 1. The lowest BCUT2D eigenvalue weighted by molar-refractivity contribution is -0.116. The monoisotopic (exact) mass is 250 g/mol. The molecule has 0 aliphatic rings. The van der Waals surface area contributed by atoms with Crippen LogP contribution in [-0.2, 0) is 17.8 Å². The van der Waals surface area contributed by atoms with Crippen molar-refractivity contribution in [1.82, 2.24) is 9.78 Å². The maximum atomic E-state index is 13.4. The van der Waals surface area contributed by atoms with Gasteiger partial charge in [-0.1, -0.05) is 6.07 Å². The number of benzene rings is 1. The molecule has 18 heavy (non-hydrogen) atoms. The van der Waals surface area contributed by atoms with Gasteiger partial charge in [0.05, 0.1) is 18.7 Å². The van der Waals surface area contributed by atoms with E-state index >= 15 is 0 Å². The fourth-order valence-electron chi connectivity index (χ4n) is 1.69. The van der Waals surface area contributed by atoms with Crippen LogP contribution in [0.1, 0.15) is 18.2 Å². The molecule has 0 spiro atoms. The van der Waals surface area contributed by atoms with Gasteiger partial charge in [0.2, 0.25) is 0 Å². The molecule has 0 saturated heterocycles. The number of aromatic nitrogens is 2. The van der Waals surface area contributed by atoms with E-state index in [0.717, 1.165) is 0 Å². The normalized spacial score (nSPS) is 10.6. The van der Waals surface area contributed by atoms with E-state index in [1.165, 1.54) is 29.8 Å². The maximum absolute atomic E-state index is 13.4. The van der Waals surface area contributed by atoms with Crippen LogP contribution in [0.2, 0.25) is 0 Å². The number of hydrogen-bond acceptors (Lipinski definition) is 2. The van der Waals surface area contributed by atoms with E-state index < -0.39 is 11.6 Å². The molecular weight excluding hydrogens is 238 g/mol. The van der Waals surface area contributed by atoms with Crippen LogP contribution in [0.4, 0.5) is 8.78 Å². The highest BCUT2D eigenvalue weighted by Gasteiger charge is 2.10. The molecule has 94 valence electrons. The molecule has 0 aliphatic carbocycles. The first kappa shape index (κ1) is 12.4. The summed E-state index contributed by atoms with van der Waals surface area (Å²) in [7, 11) is 0. The summed E-state index contributed by atoms with van der Waals surface area (Å²) in [6.07, 6.45) is 1.83. The fourth-order valence-corrected chi connectivity index (χ4v) is 1.69. The van der Waals surface area contributed by atoms with Gasteiger partial charge in [0.15, 0.2) is 0 Å². The number of rotatable bonds is 4. The van der Waals surface area contributed by atoms with Crippen molar-refractivity contribution in [3.05, 3.63) is 53.4 Å². The lowest BCUT2D eigenvalue weighted by Gasteiger charge is -2.04. The maximum Gasteiger partial charge on any atom is 0.135 e. The summed E-state index contributed by atoms with van der Waals surface area (Å²) < 4.78 is 28.3. The number of Topliss-reactive ketones (excluding diaryl/α,β-unsaturated/α-hetero) is 1. The minimum atomic E-state index is -0.599. The van der Waals surface area contributed by atoms with Crippen molar-refractivity contribution < 1.29 is 13.6 Å². The summed E-state index contributed by atoms with van der Waals surface area (Å²) >= 11 is 0. The van der Waals surface area contributed by atoms with Crippen LogP contribution < -0.4 is 0 Å². The van der Waals surface area contributed by atoms with Gasteiger partial charge in [-0.25, -0.2) is 8.78 Å². The van der Waals surface area contributed by atoms with E-state index in [2.05, 4.69) is 5.10 Å². The largest absolute Gasteiger partial charge is 0.300 e. The first-order valence-electron chi connectivity index (χ1n) is 5.51. The molecule has 1 heterocycles. The SMILES string of the molecule is CC(=O)Cc1ccn(Cc2c(F)cccc2F)n1. The van der Waals surface area contributed by atoms with Crippen LogP contribution >= 0.6 is 0 Å². The number of hydrogen-bond donors (Lipinski definition) is 0. The molecule has 1 aromatic heterocycles. The molecule has 0 fully saturated rings. The third kappa shape index (κ3) is 2.80. The van der Waals surface area contributed by atoms with Crippen LogP contribution in [0.5, 0.6) is 0 Å². The van der Waals surface area contributed by atoms with Crippen LogP contribution in [0.15, 0.2) is 30.5 Å². The van der Waals surface area contributed by atoms with Gasteiger partial charge in [-0.3, -0.25) is 9.48 Å². The van der Waals surface area contributed by atoms with Gasteiger partial charge in [0, 0.05) is 11.8 Å². The van der Waals surface area contributed by atoms with Crippen molar-refractivity contribution in [2.45, 2.75) is 19.9 Å². The summed E-state index contributed by atoms with van der Waals surface area (Å²) in [5.41, 5.74) is 0.564. The molecule has 0 saturated carbocycles. The first-order valence-corrected chi connectivity index (χ1v) is 5.51. The summed E-state index contributed by atoms with van der Waals surface area (Å²) in [6.45, 7) is 1.48. The lowest BCUT2D eigenvalue weighted by Crippen LogP contribution is -2.06. The van der Waals surface area contributed by atoms with Crippen LogP contribution in [0.3, 0.4) is 0 Å². The Morgan fingerprint density at radius 3 is 2.56 bits per heavy atom. The Morgan fingerprint density at radius 2 is 1.94 bits per heavy atom. The Kier molecular flexibility index (Phi) is 3.50. The van der Waals surface area contributed by atoms with Gasteiger partial charge >= 0.3 is 0 Å². The predicted octanol–water partition coefficient (Wildman–Crippen LogP) is 2.34. The van der Waals surface area contributed by atoms with Crippen molar-refractivity contribution >= 4 is 5.78 Å². The molecule has 0 bridgehead atoms. The average molecular weight is 250 g/mol. The number of halogens is 2. The molecular formula is C13H12F2N2O. The minimum Gasteiger partial charge on any atom is -0.300 e. The van der Waals surface area contributed by atoms with E-state index in [4.69, 9.17) is 0 Å². The molecule has 3 nitrogen and oxygen atoms in total. The molecule has 0 aliphatic heterocycles. The Bertz CT molecular complexity index is 558. The Morgan fingerprint density at radius 1 is 1.28 bits per heavy atom. The molecule has 2 aromatic rings. The lowest BCUT2D eigenvalue weighted by atomic mass is 10.2. The van der Waals surface area contributed by atoms with Gasteiger partial charge in [-0.15, -0.1) is 0 Å². The second-order valence-corrected chi connectivity index (χ2v) is 4.08. The summed E-state index contributed by atoms with van der Waals surface area (Å²) in [5.74, 6) is -1.20. The van der Waals surface area contributed by atoms with Gasteiger partial charge in [-0.2, -0.15) is 5.10 Å². The van der Waals surface area contributed by atoms with Crippen molar-refractivity contribution in [1.29, 1.82) is 0 Å². The first-order chi connectivity index (χ1) is 8.56. The third-order valence-electron chi connectivity index (χ3n) is 2.51. The van der Waals surface area contributed by atoms with E-state index in [0.29, 0.717) is 5.69 Å². The quantitative estimate of drug-likeness (QED) is 0.834. The van der Waals surface area contributed by atoms with Crippen LogP contribution in [-0.4, -0.2) is 15.6 Å². The standard InChI is InChI=1S/C13H12F2N2O/c1-9(18)7-10-5-6-17(16-10)8-11-12(14)3-2-4-13(11)15/h2-6H,7-8H2,1H3. The molecule has 5 heteroatoms. The molecule has 1 aromatic carbocycles. The van der Waals surface area contributed by atoms with Crippen LogP contribution in [0, 0.1) is 11.6 Å². The Labute approximate surface area is 103 Å². The molecule has 0 radical (unpaired) electrons. The van der Waals surface area contributed by atoms with Crippen LogP contribution in [0.25, 0.3) is 0 Å². The van der Waals surface area contributed by atoms with Gasteiger partial charge < -0.3 is 0 Å². The van der Waals surface area contributed by atoms with E-state index in [1.54, 1.807) is 12.3 Å². The van der Waals surface area contributed by atoms with E-state index in [1.807, 2.05) is 0 Å². The Balaban J connectivity index is 2.19. The second kappa shape index (κ2) is 5.08.